The molecule has 0 bridgehead atoms. The van der Waals surface area contributed by atoms with Crippen molar-refractivity contribution >= 4 is 0 Å². The molecule has 1 N–H and O–H groups in total. The fraction of sp³-hybridized carbons (Fsp3) is 0.786. The van der Waals surface area contributed by atoms with Crippen molar-refractivity contribution < 1.29 is 0 Å². The lowest BCUT2D eigenvalue weighted by Crippen LogP contribution is -2.36. The van der Waals surface area contributed by atoms with Gasteiger partial charge in [0.2, 0.25) is 0 Å². The molecule has 1 unspecified atom stereocenters. The van der Waals surface area contributed by atoms with Crippen molar-refractivity contribution in [3.63, 3.8) is 0 Å². The molecule has 0 saturated heterocycles. The van der Waals surface area contributed by atoms with E-state index in [0.717, 1.165) is 13.1 Å². The van der Waals surface area contributed by atoms with Gasteiger partial charge in [0.15, 0.2) is 0 Å². The summed E-state index contributed by atoms with van der Waals surface area (Å²) in [5, 5.41) is 3.66. The minimum absolute atomic E-state index is 0.383. The number of aromatic nitrogens is 2. The first-order chi connectivity index (χ1) is 8.21. The van der Waals surface area contributed by atoms with Gasteiger partial charge in [-0.25, -0.2) is 4.98 Å². The van der Waals surface area contributed by atoms with Gasteiger partial charge in [-0.3, -0.25) is 0 Å². The minimum Gasteiger partial charge on any atom is -0.334 e. The summed E-state index contributed by atoms with van der Waals surface area (Å²) < 4.78 is 2.27. The quantitative estimate of drug-likeness (QED) is 0.849. The molecule has 0 spiro atoms. The van der Waals surface area contributed by atoms with Gasteiger partial charge in [-0.1, -0.05) is 26.7 Å². The Labute approximate surface area is 105 Å². The summed E-state index contributed by atoms with van der Waals surface area (Å²) >= 11 is 0. The van der Waals surface area contributed by atoms with Crippen molar-refractivity contribution in [1.82, 2.24) is 14.9 Å². The van der Waals surface area contributed by atoms with Crippen molar-refractivity contribution in [3.8, 4) is 0 Å². The predicted molar refractivity (Wildman–Crippen MR) is 70.9 cm³/mol. The second-order valence-electron chi connectivity index (χ2n) is 5.42. The van der Waals surface area contributed by atoms with Gasteiger partial charge in [0.05, 0.1) is 6.04 Å². The maximum absolute atomic E-state index is 4.60. The van der Waals surface area contributed by atoms with Gasteiger partial charge >= 0.3 is 0 Å². The van der Waals surface area contributed by atoms with E-state index in [2.05, 4.69) is 41.8 Å². The van der Waals surface area contributed by atoms with E-state index in [1.807, 2.05) is 6.20 Å². The van der Waals surface area contributed by atoms with Crippen LogP contribution in [0.5, 0.6) is 0 Å². The molecule has 0 aromatic carbocycles. The van der Waals surface area contributed by atoms with Crippen LogP contribution in [0.2, 0.25) is 0 Å². The highest BCUT2D eigenvalue weighted by atomic mass is 15.1. The fourth-order valence-electron chi connectivity index (χ4n) is 3.17. The van der Waals surface area contributed by atoms with Gasteiger partial charge in [0.25, 0.3) is 0 Å². The van der Waals surface area contributed by atoms with Gasteiger partial charge in [0, 0.05) is 18.9 Å². The normalized spacial score (nSPS) is 20.6. The van der Waals surface area contributed by atoms with E-state index in [1.54, 1.807) is 0 Å². The van der Waals surface area contributed by atoms with E-state index in [4.69, 9.17) is 0 Å². The van der Waals surface area contributed by atoms with Crippen LogP contribution in [0, 0.1) is 5.41 Å². The molecular weight excluding hydrogens is 210 g/mol. The predicted octanol–water partition coefficient (Wildman–Crippen LogP) is 3.13. The average molecular weight is 235 g/mol. The van der Waals surface area contributed by atoms with Crippen LogP contribution in [0.3, 0.4) is 0 Å². The van der Waals surface area contributed by atoms with Crippen molar-refractivity contribution in [2.75, 3.05) is 6.54 Å². The number of rotatable bonds is 5. The van der Waals surface area contributed by atoms with E-state index >= 15 is 0 Å². The first-order valence-electron chi connectivity index (χ1n) is 6.95. The van der Waals surface area contributed by atoms with Crippen LogP contribution in [-0.4, -0.2) is 16.1 Å². The Morgan fingerprint density at radius 1 is 1.41 bits per heavy atom. The zero-order valence-electron chi connectivity index (χ0n) is 11.4. The third-order valence-corrected chi connectivity index (χ3v) is 4.20. The number of nitrogens with one attached hydrogen (secondary N) is 1. The zero-order chi connectivity index (χ0) is 12.3. The van der Waals surface area contributed by atoms with Crippen LogP contribution in [0.1, 0.15) is 58.3 Å². The lowest BCUT2D eigenvalue weighted by Gasteiger charge is -2.34. The first-order valence-corrected chi connectivity index (χ1v) is 6.95. The Hall–Kier alpha value is -0.830. The minimum atomic E-state index is 0.383. The lowest BCUT2D eigenvalue weighted by molar-refractivity contribution is 0.213. The summed E-state index contributed by atoms with van der Waals surface area (Å²) in [4.78, 5) is 4.60. The molecule has 96 valence electrons. The topological polar surface area (TPSA) is 29.9 Å². The van der Waals surface area contributed by atoms with Gasteiger partial charge in [-0.2, -0.15) is 0 Å². The summed E-state index contributed by atoms with van der Waals surface area (Å²) in [6, 6.07) is 0.407. The highest BCUT2D eigenvalue weighted by molar-refractivity contribution is 5.07. The number of nitrogens with zero attached hydrogens (tertiary/aromatic N) is 2. The second-order valence-corrected chi connectivity index (χ2v) is 5.42. The summed E-state index contributed by atoms with van der Waals surface area (Å²) in [5.41, 5.74) is 0.383. The van der Waals surface area contributed by atoms with E-state index < -0.39 is 0 Å². The van der Waals surface area contributed by atoms with Gasteiger partial charge in [0.1, 0.15) is 5.82 Å². The molecule has 2 rings (SSSR count). The van der Waals surface area contributed by atoms with E-state index in [0.29, 0.717) is 11.5 Å². The summed E-state index contributed by atoms with van der Waals surface area (Å²) in [5.74, 6) is 1.22. The maximum Gasteiger partial charge on any atom is 0.126 e. The van der Waals surface area contributed by atoms with Crippen LogP contribution in [0.15, 0.2) is 12.4 Å². The molecule has 3 nitrogen and oxygen atoms in total. The molecule has 1 atom stereocenters. The molecule has 0 aliphatic heterocycles. The Kier molecular flexibility index (Phi) is 3.87. The smallest absolute Gasteiger partial charge is 0.126 e. The Bertz CT molecular complexity index is 350. The first kappa shape index (κ1) is 12.6. The average Bonchev–Trinajstić information content (AvgIpc) is 2.95. The molecule has 0 radical (unpaired) electrons. The summed E-state index contributed by atoms with van der Waals surface area (Å²) in [6.07, 6.45) is 9.40. The third kappa shape index (κ3) is 2.39. The highest BCUT2D eigenvalue weighted by Gasteiger charge is 2.39. The molecule has 1 aromatic rings. The van der Waals surface area contributed by atoms with E-state index in [1.165, 1.54) is 31.5 Å². The molecule has 1 aliphatic rings. The van der Waals surface area contributed by atoms with E-state index in [-0.39, 0.29) is 0 Å². The molecule has 1 aliphatic carbocycles. The second kappa shape index (κ2) is 5.21. The van der Waals surface area contributed by atoms with Gasteiger partial charge in [-0.15, -0.1) is 0 Å². The summed E-state index contributed by atoms with van der Waals surface area (Å²) in [6.45, 7) is 8.81. The molecule has 1 fully saturated rings. The monoisotopic (exact) mass is 235 g/mol. The van der Waals surface area contributed by atoms with Crippen LogP contribution >= 0.6 is 0 Å². The largest absolute Gasteiger partial charge is 0.334 e. The Balaban J connectivity index is 2.28. The number of imidazole rings is 1. The highest BCUT2D eigenvalue weighted by Crippen LogP contribution is 2.46. The standard InChI is InChI=1S/C14H25N3/c1-4-15-12(14(3)8-6-7-9-14)13-16-10-11-17(13)5-2/h10-12,15H,4-9H2,1-3H3. The SMILES string of the molecule is CCNC(c1nccn1CC)C1(C)CCCC1. The van der Waals surface area contributed by atoms with Crippen molar-refractivity contribution in [1.29, 1.82) is 0 Å². The maximum atomic E-state index is 4.60. The number of hydrogen-bond acceptors (Lipinski definition) is 2. The molecule has 17 heavy (non-hydrogen) atoms. The Morgan fingerprint density at radius 2 is 2.12 bits per heavy atom. The number of hydrogen-bond donors (Lipinski definition) is 1. The molecule has 3 heteroatoms. The van der Waals surface area contributed by atoms with Gasteiger partial charge in [-0.05, 0) is 31.7 Å². The molecule has 1 aromatic heterocycles. The van der Waals surface area contributed by atoms with Crippen LogP contribution in [-0.2, 0) is 6.54 Å². The molecule has 0 amide bonds. The summed E-state index contributed by atoms with van der Waals surface area (Å²) in [7, 11) is 0. The van der Waals surface area contributed by atoms with Gasteiger partial charge < -0.3 is 9.88 Å². The molecule has 1 saturated carbocycles. The number of aryl methyl sites for hydroxylation is 1. The van der Waals surface area contributed by atoms with Crippen LogP contribution in [0.25, 0.3) is 0 Å². The Morgan fingerprint density at radius 3 is 2.71 bits per heavy atom. The van der Waals surface area contributed by atoms with Crippen molar-refractivity contribution in [3.05, 3.63) is 18.2 Å². The van der Waals surface area contributed by atoms with E-state index in [9.17, 15) is 0 Å². The fourth-order valence-corrected chi connectivity index (χ4v) is 3.17. The zero-order valence-corrected chi connectivity index (χ0v) is 11.4. The van der Waals surface area contributed by atoms with Crippen LogP contribution < -0.4 is 5.32 Å². The molecular formula is C14H25N3. The van der Waals surface area contributed by atoms with Crippen molar-refractivity contribution in [2.45, 2.75) is 59.0 Å². The molecule has 1 heterocycles. The third-order valence-electron chi connectivity index (χ3n) is 4.20. The lowest BCUT2D eigenvalue weighted by atomic mass is 9.80. The van der Waals surface area contributed by atoms with Crippen molar-refractivity contribution in [2.24, 2.45) is 5.41 Å². The van der Waals surface area contributed by atoms with Crippen LogP contribution in [0.4, 0.5) is 0 Å².